The van der Waals surface area contributed by atoms with Crippen LogP contribution in [0.25, 0.3) is 6.08 Å². The van der Waals surface area contributed by atoms with Gasteiger partial charge in [-0.05, 0) is 75.7 Å². The number of ether oxygens (including phenoxy) is 2. The van der Waals surface area contributed by atoms with Crippen LogP contribution in [0, 0.1) is 18.2 Å². The fourth-order valence-electron chi connectivity index (χ4n) is 2.71. The van der Waals surface area contributed by atoms with Gasteiger partial charge in [0.15, 0.2) is 18.1 Å². The molecular weight excluding hydrogens is 503 g/mol. The van der Waals surface area contributed by atoms with E-state index in [1.165, 1.54) is 31.4 Å². The molecule has 0 aliphatic carbocycles. The minimum absolute atomic E-state index is 0.0955. The number of terminal acetylenes is 1. The SMILES string of the molecule is C#CCN1C(=O)S/C(=C/c2cc(Br)c(OCC(=O)Nc3ccc(F)cc3)c(OC)c2)C1=O. The summed E-state index contributed by atoms with van der Waals surface area (Å²) in [5.41, 5.74) is 1.00. The number of anilines is 1. The summed E-state index contributed by atoms with van der Waals surface area (Å²) in [6, 6.07) is 8.59. The first-order valence-corrected chi connectivity index (χ1v) is 10.7. The number of carbonyl (C=O) groups is 3. The second kappa shape index (κ2) is 10.3. The maximum atomic E-state index is 13.0. The summed E-state index contributed by atoms with van der Waals surface area (Å²) in [6.07, 6.45) is 6.74. The standard InChI is InChI=1S/C22H16BrFN2O5S/c1-3-8-26-21(28)18(32-22(26)29)11-13-9-16(23)20(17(10-13)30-2)31-12-19(27)25-15-6-4-14(24)5-7-15/h1,4-7,9-11H,8,12H2,2H3,(H,25,27)/b18-11+. The van der Waals surface area contributed by atoms with E-state index in [1.54, 1.807) is 18.2 Å². The Balaban J connectivity index is 1.73. The van der Waals surface area contributed by atoms with Crippen LogP contribution in [0.5, 0.6) is 11.5 Å². The summed E-state index contributed by atoms with van der Waals surface area (Å²) < 4.78 is 24.4. The highest BCUT2D eigenvalue weighted by molar-refractivity contribution is 9.10. The minimum atomic E-state index is -0.467. The number of benzene rings is 2. The second-order valence-corrected chi connectivity index (χ2v) is 8.20. The van der Waals surface area contributed by atoms with E-state index in [4.69, 9.17) is 15.9 Å². The van der Waals surface area contributed by atoms with E-state index >= 15 is 0 Å². The number of hydrogen-bond donors (Lipinski definition) is 1. The molecule has 1 fully saturated rings. The topological polar surface area (TPSA) is 84.9 Å². The van der Waals surface area contributed by atoms with E-state index in [-0.39, 0.29) is 23.8 Å². The molecule has 0 spiro atoms. The van der Waals surface area contributed by atoms with E-state index < -0.39 is 22.9 Å². The molecule has 0 radical (unpaired) electrons. The van der Waals surface area contributed by atoms with Crippen LogP contribution in [-0.2, 0) is 9.59 Å². The number of imide groups is 1. The van der Waals surface area contributed by atoms with Crippen LogP contribution < -0.4 is 14.8 Å². The van der Waals surface area contributed by atoms with E-state index in [0.717, 1.165) is 16.7 Å². The Labute approximate surface area is 196 Å². The predicted molar refractivity (Wildman–Crippen MR) is 123 cm³/mol. The van der Waals surface area contributed by atoms with Gasteiger partial charge in [-0.3, -0.25) is 19.3 Å². The molecule has 0 atom stereocenters. The fraction of sp³-hybridized carbons (Fsp3) is 0.136. The van der Waals surface area contributed by atoms with Crippen molar-refractivity contribution in [3.8, 4) is 23.8 Å². The van der Waals surface area contributed by atoms with Crippen LogP contribution in [-0.4, -0.2) is 42.2 Å². The maximum absolute atomic E-state index is 13.0. The first-order valence-electron chi connectivity index (χ1n) is 9.07. The monoisotopic (exact) mass is 518 g/mol. The number of rotatable bonds is 7. The molecule has 0 saturated carbocycles. The number of nitrogens with zero attached hydrogens (tertiary/aromatic N) is 1. The first kappa shape index (κ1) is 23.4. The van der Waals surface area contributed by atoms with Gasteiger partial charge in [-0.25, -0.2) is 4.39 Å². The van der Waals surface area contributed by atoms with E-state index in [1.807, 2.05) is 0 Å². The molecule has 1 N–H and O–H groups in total. The van der Waals surface area contributed by atoms with Crippen molar-refractivity contribution in [2.24, 2.45) is 0 Å². The lowest BCUT2D eigenvalue weighted by Crippen LogP contribution is -2.28. The van der Waals surface area contributed by atoms with Gasteiger partial charge in [0, 0.05) is 5.69 Å². The molecule has 3 amide bonds. The molecule has 32 heavy (non-hydrogen) atoms. The zero-order chi connectivity index (χ0) is 23.3. The Bertz CT molecular complexity index is 1140. The van der Waals surface area contributed by atoms with Crippen LogP contribution in [0.15, 0.2) is 45.8 Å². The van der Waals surface area contributed by atoms with Crippen molar-refractivity contribution in [1.29, 1.82) is 0 Å². The van der Waals surface area contributed by atoms with Crippen molar-refractivity contribution in [2.75, 3.05) is 25.6 Å². The van der Waals surface area contributed by atoms with E-state index in [2.05, 4.69) is 27.2 Å². The molecule has 7 nitrogen and oxygen atoms in total. The van der Waals surface area contributed by atoms with Crippen LogP contribution >= 0.6 is 27.7 Å². The Morgan fingerprint density at radius 2 is 2.03 bits per heavy atom. The lowest BCUT2D eigenvalue weighted by atomic mass is 10.2. The third-order valence-corrected chi connectivity index (χ3v) is 5.64. The molecule has 0 aromatic heterocycles. The number of methoxy groups -OCH3 is 1. The maximum Gasteiger partial charge on any atom is 0.294 e. The third-order valence-electron chi connectivity index (χ3n) is 4.15. The summed E-state index contributed by atoms with van der Waals surface area (Å²) in [6.45, 7) is -0.418. The summed E-state index contributed by atoms with van der Waals surface area (Å²) >= 11 is 4.17. The van der Waals surface area contributed by atoms with Crippen molar-refractivity contribution in [1.82, 2.24) is 4.90 Å². The van der Waals surface area contributed by atoms with Crippen LogP contribution in [0.1, 0.15) is 5.56 Å². The zero-order valence-electron chi connectivity index (χ0n) is 16.7. The molecule has 2 aromatic carbocycles. The molecule has 10 heteroatoms. The third kappa shape index (κ3) is 5.49. The number of hydrogen-bond acceptors (Lipinski definition) is 6. The van der Waals surface area contributed by atoms with Gasteiger partial charge in [0.05, 0.1) is 23.0 Å². The Morgan fingerprint density at radius 1 is 1.31 bits per heavy atom. The number of halogens is 2. The van der Waals surface area contributed by atoms with Gasteiger partial charge in [-0.2, -0.15) is 0 Å². The molecule has 1 aliphatic rings. The van der Waals surface area contributed by atoms with Crippen molar-refractivity contribution in [2.45, 2.75) is 0 Å². The van der Waals surface area contributed by atoms with Crippen molar-refractivity contribution < 1.29 is 28.2 Å². The molecule has 1 heterocycles. The quantitative estimate of drug-likeness (QED) is 0.434. The van der Waals surface area contributed by atoms with Gasteiger partial charge in [-0.15, -0.1) is 6.42 Å². The molecule has 2 aromatic rings. The van der Waals surface area contributed by atoms with Gasteiger partial charge in [-0.1, -0.05) is 5.92 Å². The second-order valence-electron chi connectivity index (χ2n) is 6.35. The average molecular weight is 519 g/mol. The molecule has 1 aliphatic heterocycles. The van der Waals surface area contributed by atoms with Crippen LogP contribution in [0.4, 0.5) is 14.9 Å². The molecule has 0 bridgehead atoms. The highest BCUT2D eigenvalue weighted by atomic mass is 79.9. The first-order chi connectivity index (χ1) is 15.3. The average Bonchev–Trinajstić information content (AvgIpc) is 3.02. The minimum Gasteiger partial charge on any atom is -0.493 e. The molecule has 164 valence electrons. The van der Waals surface area contributed by atoms with Gasteiger partial charge in [0.25, 0.3) is 17.1 Å². The van der Waals surface area contributed by atoms with E-state index in [0.29, 0.717) is 21.5 Å². The summed E-state index contributed by atoms with van der Waals surface area (Å²) in [4.78, 5) is 37.6. The Kier molecular flexibility index (Phi) is 7.56. The number of amides is 3. The summed E-state index contributed by atoms with van der Waals surface area (Å²) in [5, 5.41) is 2.16. The highest BCUT2D eigenvalue weighted by Gasteiger charge is 2.34. The highest BCUT2D eigenvalue weighted by Crippen LogP contribution is 2.39. The van der Waals surface area contributed by atoms with Crippen molar-refractivity contribution in [3.63, 3.8) is 0 Å². The molecule has 1 saturated heterocycles. The fourth-order valence-corrected chi connectivity index (χ4v) is 4.12. The van der Waals surface area contributed by atoms with Gasteiger partial charge in [0.2, 0.25) is 0 Å². The van der Waals surface area contributed by atoms with Crippen LogP contribution in [0.3, 0.4) is 0 Å². The molecule has 3 rings (SSSR count). The van der Waals surface area contributed by atoms with Gasteiger partial charge >= 0.3 is 0 Å². The number of thioether (sulfide) groups is 1. The molecule has 0 unspecified atom stereocenters. The van der Waals surface area contributed by atoms with Gasteiger partial charge in [0.1, 0.15) is 5.82 Å². The van der Waals surface area contributed by atoms with Crippen molar-refractivity contribution in [3.05, 3.63) is 57.2 Å². The lowest BCUT2D eigenvalue weighted by molar-refractivity contribution is -0.122. The van der Waals surface area contributed by atoms with Crippen molar-refractivity contribution >= 4 is 56.5 Å². The normalized spacial score (nSPS) is 14.4. The summed E-state index contributed by atoms with van der Waals surface area (Å²) in [5.74, 6) is 1.54. The lowest BCUT2D eigenvalue weighted by Gasteiger charge is -2.14. The molecular formula is C22H16BrFN2O5S. The smallest absolute Gasteiger partial charge is 0.294 e. The predicted octanol–water partition coefficient (Wildman–Crippen LogP) is 4.28. The zero-order valence-corrected chi connectivity index (χ0v) is 19.1. The largest absolute Gasteiger partial charge is 0.493 e. The number of nitrogens with one attached hydrogen (secondary N) is 1. The van der Waals surface area contributed by atoms with E-state index in [9.17, 15) is 18.8 Å². The van der Waals surface area contributed by atoms with Crippen LogP contribution in [0.2, 0.25) is 0 Å². The number of carbonyl (C=O) groups excluding carboxylic acids is 3. The Morgan fingerprint density at radius 3 is 2.69 bits per heavy atom. The Hall–Kier alpha value is -3.29. The summed E-state index contributed by atoms with van der Waals surface area (Å²) in [7, 11) is 1.43. The van der Waals surface area contributed by atoms with Gasteiger partial charge < -0.3 is 14.8 Å².